The zero-order valence-corrected chi connectivity index (χ0v) is 11.7. The molecule has 5 heteroatoms. The summed E-state index contributed by atoms with van der Waals surface area (Å²) in [5, 5.41) is 13.7. The molecule has 0 bridgehead atoms. The summed E-state index contributed by atoms with van der Waals surface area (Å²) in [5.74, 6) is -0.0685. The maximum absolute atomic E-state index is 12.3. The number of amides is 1. The lowest BCUT2D eigenvalue weighted by molar-refractivity contribution is 0.0813. The van der Waals surface area contributed by atoms with Gasteiger partial charge >= 0.3 is 0 Å². The third kappa shape index (κ3) is 2.30. The number of halogens is 1. The van der Waals surface area contributed by atoms with Gasteiger partial charge in [-0.1, -0.05) is 36.6 Å². The molecule has 3 rings (SSSR count). The molecule has 106 valence electrons. The molecule has 0 radical (unpaired) electrons. The second-order valence-corrected chi connectivity index (χ2v) is 5.78. The van der Waals surface area contributed by atoms with E-state index in [1.807, 2.05) is 12.1 Å². The second-order valence-electron chi connectivity index (χ2n) is 5.37. The molecule has 2 N–H and O–H groups in total. The Labute approximate surface area is 121 Å². The summed E-state index contributed by atoms with van der Waals surface area (Å²) in [5.41, 5.74) is 0.0172. The Morgan fingerprint density at radius 1 is 1.40 bits per heavy atom. The fraction of sp³-hybridized carbons (Fsp3) is 0.400. The molecule has 2 aromatic rings. The topological polar surface area (TPSA) is 62.5 Å². The lowest BCUT2D eigenvalue weighted by Gasteiger charge is -2.27. The van der Waals surface area contributed by atoms with Crippen molar-refractivity contribution in [3.8, 4) is 0 Å². The molecule has 0 unspecified atom stereocenters. The molecule has 0 saturated heterocycles. The molecule has 1 saturated carbocycles. The van der Waals surface area contributed by atoms with Crippen molar-refractivity contribution < 1.29 is 14.3 Å². The minimum atomic E-state index is -0.500. The highest BCUT2D eigenvalue weighted by atomic mass is 35.5. The van der Waals surface area contributed by atoms with Crippen LogP contribution < -0.4 is 5.32 Å². The number of carbonyl (C=O) groups excluding carboxylic acids is 1. The first kappa shape index (κ1) is 13.5. The largest absolute Gasteiger partial charge is 0.449 e. The van der Waals surface area contributed by atoms with Crippen LogP contribution in [0.4, 0.5) is 0 Å². The van der Waals surface area contributed by atoms with E-state index in [-0.39, 0.29) is 18.3 Å². The maximum atomic E-state index is 12.3. The van der Waals surface area contributed by atoms with E-state index in [1.165, 1.54) is 0 Å². The number of nitrogens with one attached hydrogen (secondary N) is 1. The molecular weight excluding hydrogens is 278 g/mol. The van der Waals surface area contributed by atoms with E-state index in [0.29, 0.717) is 10.6 Å². The van der Waals surface area contributed by atoms with Crippen LogP contribution in [0.2, 0.25) is 5.02 Å². The zero-order valence-electron chi connectivity index (χ0n) is 11.0. The van der Waals surface area contributed by atoms with E-state index in [9.17, 15) is 9.90 Å². The lowest BCUT2D eigenvalue weighted by Crippen LogP contribution is -2.49. The monoisotopic (exact) mass is 293 g/mol. The molecule has 4 nitrogen and oxygen atoms in total. The van der Waals surface area contributed by atoms with Crippen molar-refractivity contribution in [2.45, 2.75) is 31.2 Å². The minimum Gasteiger partial charge on any atom is -0.449 e. The summed E-state index contributed by atoms with van der Waals surface area (Å²) in [6.45, 7) is -0.0419. The quantitative estimate of drug-likeness (QED) is 0.914. The third-order valence-corrected chi connectivity index (χ3v) is 4.26. The van der Waals surface area contributed by atoms with Gasteiger partial charge in [-0.25, -0.2) is 0 Å². The highest BCUT2D eigenvalue weighted by Gasteiger charge is 2.35. The van der Waals surface area contributed by atoms with Gasteiger partial charge in [0.15, 0.2) is 11.3 Å². The van der Waals surface area contributed by atoms with Gasteiger partial charge in [-0.2, -0.15) is 0 Å². The molecule has 1 aliphatic rings. The Morgan fingerprint density at radius 3 is 2.80 bits per heavy atom. The molecule has 20 heavy (non-hydrogen) atoms. The summed E-state index contributed by atoms with van der Waals surface area (Å²) in [6, 6.07) is 7.06. The standard InChI is InChI=1S/C15H16ClNO3/c16-11-5-3-4-10-8-12(20-13(10)11)14(19)17-15(9-18)6-1-2-7-15/h3-5,8,18H,1-2,6-7,9H2,(H,17,19). The van der Waals surface area contributed by atoms with Crippen LogP contribution in [-0.4, -0.2) is 23.2 Å². The Balaban J connectivity index is 1.87. The van der Waals surface area contributed by atoms with Crippen molar-refractivity contribution in [3.63, 3.8) is 0 Å². The van der Waals surface area contributed by atoms with Crippen molar-refractivity contribution >= 4 is 28.5 Å². The van der Waals surface area contributed by atoms with Crippen molar-refractivity contribution in [2.24, 2.45) is 0 Å². The SMILES string of the molecule is O=C(NC1(CO)CCCC1)c1cc2cccc(Cl)c2o1. The van der Waals surface area contributed by atoms with Gasteiger partial charge in [0, 0.05) is 5.39 Å². The molecule has 1 aromatic carbocycles. The number of aliphatic hydroxyl groups excluding tert-OH is 1. The van der Waals surface area contributed by atoms with E-state index < -0.39 is 5.54 Å². The summed E-state index contributed by atoms with van der Waals surface area (Å²) in [7, 11) is 0. The van der Waals surface area contributed by atoms with Gasteiger partial charge in [0.05, 0.1) is 17.2 Å². The van der Waals surface area contributed by atoms with Crippen LogP contribution >= 0.6 is 11.6 Å². The maximum Gasteiger partial charge on any atom is 0.287 e. The normalized spacial score (nSPS) is 17.5. The molecule has 1 heterocycles. The van der Waals surface area contributed by atoms with Gasteiger partial charge in [-0.15, -0.1) is 0 Å². The molecule has 1 aromatic heterocycles. The smallest absolute Gasteiger partial charge is 0.287 e. The molecule has 1 amide bonds. The molecule has 1 aliphatic carbocycles. The van der Waals surface area contributed by atoms with Crippen LogP contribution in [0.3, 0.4) is 0 Å². The molecule has 0 spiro atoms. The van der Waals surface area contributed by atoms with Crippen LogP contribution in [0.5, 0.6) is 0 Å². The van der Waals surface area contributed by atoms with E-state index in [4.69, 9.17) is 16.0 Å². The molecule has 0 atom stereocenters. The number of furan rings is 1. The number of rotatable bonds is 3. The first-order chi connectivity index (χ1) is 9.63. The average molecular weight is 294 g/mol. The van der Waals surface area contributed by atoms with Crippen molar-refractivity contribution in [3.05, 3.63) is 35.0 Å². The zero-order chi connectivity index (χ0) is 14.2. The minimum absolute atomic E-state index is 0.0419. The molecule has 1 fully saturated rings. The number of carbonyl (C=O) groups is 1. The van der Waals surface area contributed by atoms with E-state index in [2.05, 4.69) is 5.32 Å². The Kier molecular flexibility index (Phi) is 3.44. The summed E-state index contributed by atoms with van der Waals surface area (Å²) in [6.07, 6.45) is 3.64. The van der Waals surface area contributed by atoms with Crippen molar-refractivity contribution in [2.75, 3.05) is 6.61 Å². The lowest BCUT2D eigenvalue weighted by atomic mass is 9.99. The predicted molar refractivity (Wildman–Crippen MR) is 77.0 cm³/mol. The van der Waals surface area contributed by atoms with Crippen LogP contribution in [0.1, 0.15) is 36.2 Å². The second kappa shape index (κ2) is 5.11. The van der Waals surface area contributed by atoms with E-state index in [1.54, 1.807) is 12.1 Å². The number of benzene rings is 1. The fourth-order valence-electron chi connectivity index (χ4n) is 2.82. The summed E-state index contributed by atoms with van der Waals surface area (Å²) >= 11 is 6.03. The van der Waals surface area contributed by atoms with Gasteiger partial charge in [0.2, 0.25) is 0 Å². The predicted octanol–water partition coefficient (Wildman–Crippen LogP) is 3.12. The number of hydrogen-bond acceptors (Lipinski definition) is 3. The Hall–Kier alpha value is -1.52. The Morgan fingerprint density at radius 2 is 2.15 bits per heavy atom. The fourth-order valence-corrected chi connectivity index (χ4v) is 3.04. The van der Waals surface area contributed by atoms with Gasteiger partial charge in [-0.05, 0) is 25.0 Å². The summed E-state index contributed by atoms with van der Waals surface area (Å²) in [4.78, 5) is 12.3. The van der Waals surface area contributed by atoms with Crippen molar-refractivity contribution in [1.29, 1.82) is 0 Å². The number of hydrogen-bond donors (Lipinski definition) is 2. The van der Waals surface area contributed by atoms with E-state index >= 15 is 0 Å². The van der Waals surface area contributed by atoms with Gasteiger partial charge in [-0.3, -0.25) is 4.79 Å². The highest BCUT2D eigenvalue weighted by molar-refractivity contribution is 6.34. The van der Waals surface area contributed by atoms with Crippen molar-refractivity contribution in [1.82, 2.24) is 5.32 Å². The number of para-hydroxylation sites is 1. The highest BCUT2D eigenvalue weighted by Crippen LogP contribution is 2.31. The average Bonchev–Trinajstić information content (AvgIpc) is 3.06. The van der Waals surface area contributed by atoms with Crippen LogP contribution in [-0.2, 0) is 0 Å². The van der Waals surface area contributed by atoms with Gasteiger partial charge in [0.25, 0.3) is 5.91 Å². The summed E-state index contributed by atoms with van der Waals surface area (Å²) < 4.78 is 5.53. The van der Waals surface area contributed by atoms with Crippen LogP contribution in [0.25, 0.3) is 11.0 Å². The van der Waals surface area contributed by atoms with E-state index in [0.717, 1.165) is 31.1 Å². The van der Waals surface area contributed by atoms with Gasteiger partial charge < -0.3 is 14.8 Å². The number of aliphatic hydroxyl groups is 1. The third-order valence-electron chi connectivity index (χ3n) is 3.96. The first-order valence-electron chi connectivity index (χ1n) is 6.75. The number of fused-ring (bicyclic) bond motifs is 1. The van der Waals surface area contributed by atoms with Crippen LogP contribution in [0.15, 0.2) is 28.7 Å². The molecule has 0 aliphatic heterocycles. The van der Waals surface area contributed by atoms with Gasteiger partial charge in [0.1, 0.15) is 0 Å². The van der Waals surface area contributed by atoms with Crippen LogP contribution in [0, 0.1) is 0 Å². The molecular formula is C15H16ClNO3. The Bertz CT molecular complexity index is 644. The first-order valence-corrected chi connectivity index (χ1v) is 7.13.